The Balaban J connectivity index is 1.70. The van der Waals surface area contributed by atoms with Gasteiger partial charge in [-0.05, 0) is 45.2 Å². The van der Waals surface area contributed by atoms with Crippen LogP contribution in [0.5, 0.6) is 5.75 Å². The number of hydrogen-bond acceptors (Lipinski definition) is 6. The van der Waals surface area contributed by atoms with Gasteiger partial charge in [-0.1, -0.05) is 42.5 Å². The second-order valence-corrected chi connectivity index (χ2v) is 7.73. The number of esters is 1. The molecule has 0 aliphatic carbocycles. The summed E-state index contributed by atoms with van der Waals surface area (Å²) in [5, 5.41) is 20.3. The number of aliphatic hydroxyl groups is 2. The van der Waals surface area contributed by atoms with Gasteiger partial charge in [-0.2, -0.15) is 0 Å². The van der Waals surface area contributed by atoms with Crippen LogP contribution >= 0.6 is 0 Å². The number of aliphatic hydroxyl groups excluding tert-OH is 2. The van der Waals surface area contributed by atoms with Crippen LogP contribution in [0.1, 0.15) is 39.5 Å². The van der Waals surface area contributed by atoms with Crippen LogP contribution in [0.4, 0.5) is 0 Å². The Morgan fingerprint density at radius 2 is 1.97 bits per heavy atom. The van der Waals surface area contributed by atoms with Gasteiger partial charge in [0, 0.05) is 12.3 Å². The van der Waals surface area contributed by atoms with Crippen LogP contribution in [-0.4, -0.2) is 53.8 Å². The zero-order valence-corrected chi connectivity index (χ0v) is 17.9. The molecule has 1 saturated heterocycles. The number of rotatable bonds is 12. The van der Waals surface area contributed by atoms with Gasteiger partial charge in [0.25, 0.3) is 0 Å². The Bertz CT molecular complexity index is 670. The Labute approximate surface area is 179 Å². The van der Waals surface area contributed by atoms with E-state index in [0.29, 0.717) is 25.2 Å². The molecule has 0 saturated carbocycles. The third-order valence-electron chi connectivity index (χ3n) is 4.78. The molecule has 166 valence electrons. The van der Waals surface area contributed by atoms with E-state index in [4.69, 9.17) is 14.2 Å². The molecule has 1 aliphatic rings. The third kappa shape index (κ3) is 9.11. The normalized spacial score (nSPS) is 22.8. The largest absolute Gasteiger partial charge is 0.491 e. The molecule has 30 heavy (non-hydrogen) atoms. The number of para-hydroxylation sites is 1. The fourth-order valence-electron chi connectivity index (χ4n) is 3.27. The lowest BCUT2D eigenvalue weighted by Crippen LogP contribution is -2.23. The van der Waals surface area contributed by atoms with Gasteiger partial charge in [-0.3, -0.25) is 4.79 Å². The first-order valence-corrected chi connectivity index (χ1v) is 10.6. The molecule has 0 radical (unpaired) electrons. The SMILES string of the molecule is CC(C)OC(=O)CC/C=C\CC[C@H]1[C@@H](O)CO[C@@H]1/C=C/[C@H](O)COc1ccccc1. The van der Waals surface area contributed by atoms with Gasteiger partial charge in [-0.25, -0.2) is 0 Å². The lowest BCUT2D eigenvalue weighted by molar-refractivity contribution is -0.147. The highest BCUT2D eigenvalue weighted by Gasteiger charge is 2.33. The van der Waals surface area contributed by atoms with Crippen LogP contribution in [0.15, 0.2) is 54.6 Å². The molecule has 0 unspecified atom stereocenters. The molecule has 1 aromatic rings. The fraction of sp³-hybridized carbons (Fsp3) is 0.542. The van der Waals surface area contributed by atoms with Crippen molar-refractivity contribution < 1.29 is 29.2 Å². The number of hydrogen-bond donors (Lipinski definition) is 2. The molecule has 4 atom stereocenters. The summed E-state index contributed by atoms with van der Waals surface area (Å²) in [4.78, 5) is 11.5. The molecule has 0 bridgehead atoms. The van der Waals surface area contributed by atoms with Gasteiger partial charge in [0.15, 0.2) is 0 Å². The Morgan fingerprint density at radius 1 is 1.23 bits per heavy atom. The van der Waals surface area contributed by atoms with Crippen LogP contribution in [0.25, 0.3) is 0 Å². The van der Waals surface area contributed by atoms with Crippen molar-refractivity contribution in [3.05, 3.63) is 54.6 Å². The zero-order valence-electron chi connectivity index (χ0n) is 17.9. The number of benzene rings is 1. The molecule has 1 fully saturated rings. The average Bonchev–Trinajstić information content (AvgIpc) is 3.07. The van der Waals surface area contributed by atoms with Crippen LogP contribution in [-0.2, 0) is 14.3 Å². The smallest absolute Gasteiger partial charge is 0.306 e. The minimum absolute atomic E-state index is 0.0287. The Morgan fingerprint density at radius 3 is 2.70 bits per heavy atom. The quantitative estimate of drug-likeness (QED) is 0.400. The summed E-state index contributed by atoms with van der Waals surface area (Å²) < 4.78 is 16.3. The molecular weight excluding hydrogens is 384 g/mol. The van der Waals surface area contributed by atoms with Crippen molar-refractivity contribution in [3.63, 3.8) is 0 Å². The van der Waals surface area contributed by atoms with Crippen molar-refractivity contribution in [1.82, 2.24) is 0 Å². The summed E-state index contributed by atoms with van der Waals surface area (Å²) >= 11 is 0. The van der Waals surface area contributed by atoms with E-state index in [0.717, 1.165) is 12.8 Å². The van der Waals surface area contributed by atoms with Crippen molar-refractivity contribution in [2.45, 2.75) is 63.9 Å². The maximum Gasteiger partial charge on any atom is 0.306 e. The van der Waals surface area contributed by atoms with Crippen molar-refractivity contribution in [2.75, 3.05) is 13.2 Å². The molecule has 0 aromatic heterocycles. The minimum Gasteiger partial charge on any atom is -0.491 e. The van der Waals surface area contributed by atoms with E-state index >= 15 is 0 Å². The second kappa shape index (κ2) is 13.2. The van der Waals surface area contributed by atoms with Crippen molar-refractivity contribution >= 4 is 5.97 Å². The highest BCUT2D eigenvalue weighted by molar-refractivity contribution is 5.69. The standard InChI is InChI=1S/C24H34O6/c1-18(2)30-24(27)13-9-4-3-8-12-21-22(26)17-29-23(21)15-14-19(25)16-28-20-10-6-5-7-11-20/h3-7,10-11,14-15,18-19,21-23,25-26H,8-9,12-13,16-17H2,1-2H3/b4-3-,15-14+/t19-,21-,22-,23+/m0/s1. The third-order valence-corrected chi connectivity index (χ3v) is 4.78. The first-order valence-electron chi connectivity index (χ1n) is 10.6. The molecule has 0 amide bonds. The Hall–Kier alpha value is -2.15. The lowest BCUT2D eigenvalue weighted by atomic mass is 9.93. The molecule has 1 aliphatic heterocycles. The first-order chi connectivity index (χ1) is 14.5. The predicted octanol–water partition coefficient (Wildman–Crippen LogP) is 3.43. The fourth-order valence-corrected chi connectivity index (χ4v) is 3.27. The average molecular weight is 419 g/mol. The molecule has 6 heteroatoms. The van der Waals surface area contributed by atoms with E-state index in [1.165, 1.54) is 0 Å². The van der Waals surface area contributed by atoms with E-state index in [1.807, 2.05) is 62.4 Å². The van der Waals surface area contributed by atoms with Crippen molar-refractivity contribution in [1.29, 1.82) is 0 Å². The van der Waals surface area contributed by atoms with E-state index < -0.39 is 12.2 Å². The van der Waals surface area contributed by atoms with Crippen LogP contribution < -0.4 is 4.74 Å². The molecule has 1 heterocycles. The van der Waals surface area contributed by atoms with Crippen molar-refractivity contribution in [3.8, 4) is 5.75 Å². The van der Waals surface area contributed by atoms with Crippen molar-refractivity contribution in [2.24, 2.45) is 5.92 Å². The van der Waals surface area contributed by atoms with Crippen LogP contribution in [0.2, 0.25) is 0 Å². The number of carbonyl (C=O) groups is 1. The maximum absolute atomic E-state index is 11.5. The summed E-state index contributed by atoms with van der Waals surface area (Å²) in [5.74, 6) is 0.493. The van der Waals surface area contributed by atoms with Gasteiger partial charge < -0.3 is 24.4 Å². The number of carbonyl (C=O) groups excluding carboxylic acids is 1. The molecule has 1 aromatic carbocycles. The zero-order chi connectivity index (χ0) is 21.8. The number of allylic oxidation sites excluding steroid dienone is 2. The summed E-state index contributed by atoms with van der Waals surface area (Å²) in [5.41, 5.74) is 0. The van der Waals surface area contributed by atoms with Gasteiger partial charge in [-0.15, -0.1) is 0 Å². The predicted molar refractivity (Wildman–Crippen MR) is 115 cm³/mol. The second-order valence-electron chi connectivity index (χ2n) is 7.73. The van der Waals surface area contributed by atoms with Gasteiger partial charge in [0.1, 0.15) is 18.5 Å². The topological polar surface area (TPSA) is 85.2 Å². The lowest BCUT2D eigenvalue weighted by Gasteiger charge is -2.17. The summed E-state index contributed by atoms with van der Waals surface area (Å²) in [7, 11) is 0. The van der Waals surface area contributed by atoms with E-state index in [9.17, 15) is 15.0 Å². The highest BCUT2D eigenvalue weighted by Crippen LogP contribution is 2.27. The van der Waals surface area contributed by atoms with E-state index in [-0.39, 0.29) is 30.7 Å². The maximum atomic E-state index is 11.5. The molecule has 2 N–H and O–H groups in total. The number of ether oxygens (including phenoxy) is 3. The summed E-state index contributed by atoms with van der Waals surface area (Å²) in [6, 6.07) is 9.33. The highest BCUT2D eigenvalue weighted by atomic mass is 16.5. The summed E-state index contributed by atoms with van der Waals surface area (Å²) in [6.07, 6.45) is 8.44. The molecule has 2 rings (SSSR count). The van der Waals surface area contributed by atoms with Gasteiger partial charge in [0.05, 0.1) is 24.9 Å². The first kappa shape index (κ1) is 24.1. The molecule has 6 nitrogen and oxygen atoms in total. The van der Waals surface area contributed by atoms with Crippen LogP contribution in [0.3, 0.4) is 0 Å². The minimum atomic E-state index is -0.752. The molecular formula is C24H34O6. The van der Waals surface area contributed by atoms with Gasteiger partial charge in [0.2, 0.25) is 0 Å². The van der Waals surface area contributed by atoms with E-state index in [2.05, 4.69) is 0 Å². The molecule has 0 spiro atoms. The Kier molecular flexibility index (Phi) is 10.6. The monoisotopic (exact) mass is 418 g/mol. The van der Waals surface area contributed by atoms with E-state index in [1.54, 1.807) is 6.08 Å². The summed E-state index contributed by atoms with van der Waals surface area (Å²) in [6.45, 7) is 4.12. The van der Waals surface area contributed by atoms with Gasteiger partial charge >= 0.3 is 5.97 Å². The van der Waals surface area contributed by atoms with Crippen LogP contribution in [0, 0.1) is 5.92 Å².